The minimum atomic E-state index is -0.613. The number of hydrogen-bond donors (Lipinski definition) is 0. The molecule has 0 fully saturated rings. The maximum absolute atomic E-state index is 11.8. The molecule has 104 valence electrons. The average molecular weight is 296 g/mol. The van der Waals surface area contributed by atoms with E-state index in [4.69, 9.17) is 11.6 Å². The predicted octanol–water partition coefficient (Wildman–Crippen LogP) is 1.16. The molecule has 7 nitrogen and oxygen atoms in total. The van der Waals surface area contributed by atoms with Crippen LogP contribution in [0.15, 0.2) is 40.1 Å². The Morgan fingerprint density at radius 1 is 1.30 bits per heavy atom. The number of rotatable bonds is 3. The Hall–Kier alpha value is -2.41. The second-order valence-corrected chi connectivity index (χ2v) is 4.58. The van der Waals surface area contributed by atoms with Crippen molar-refractivity contribution in [2.45, 2.75) is 6.54 Å². The van der Waals surface area contributed by atoms with Gasteiger partial charge in [-0.25, -0.2) is 4.79 Å². The molecule has 8 heteroatoms. The van der Waals surface area contributed by atoms with Crippen molar-refractivity contribution in [3.8, 4) is 0 Å². The van der Waals surface area contributed by atoms with Crippen LogP contribution in [0.3, 0.4) is 0 Å². The first-order chi connectivity index (χ1) is 9.40. The molecular weight excluding hydrogens is 286 g/mol. The summed E-state index contributed by atoms with van der Waals surface area (Å²) in [7, 11) is 1.52. The van der Waals surface area contributed by atoms with Gasteiger partial charge in [0.15, 0.2) is 0 Å². The fraction of sp³-hybridized carbons (Fsp3) is 0.167. The van der Waals surface area contributed by atoms with Crippen LogP contribution in [0.4, 0.5) is 5.69 Å². The predicted molar refractivity (Wildman–Crippen MR) is 73.2 cm³/mol. The number of benzene rings is 1. The largest absolute Gasteiger partial charge is 0.331 e. The van der Waals surface area contributed by atoms with Crippen molar-refractivity contribution in [2.24, 2.45) is 7.05 Å². The fourth-order valence-corrected chi connectivity index (χ4v) is 1.93. The van der Waals surface area contributed by atoms with E-state index in [2.05, 4.69) is 0 Å². The normalized spacial score (nSPS) is 10.5. The fourth-order valence-electron chi connectivity index (χ4n) is 1.74. The number of halogens is 1. The van der Waals surface area contributed by atoms with Crippen molar-refractivity contribution < 1.29 is 4.92 Å². The highest BCUT2D eigenvalue weighted by atomic mass is 35.5. The molecule has 1 aromatic heterocycles. The SMILES string of the molecule is Cn1ccc(=O)n(Cc2ccc(Cl)c([N+](=O)[O-])c2)c1=O. The summed E-state index contributed by atoms with van der Waals surface area (Å²) in [6.07, 6.45) is 1.37. The zero-order valence-corrected chi connectivity index (χ0v) is 11.2. The molecule has 0 aliphatic heterocycles. The molecule has 2 aromatic rings. The molecule has 0 unspecified atom stereocenters. The molecule has 0 spiro atoms. The summed E-state index contributed by atoms with van der Waals surface area (Å²) in [4.78, 5) is 33.7. The molecule has 0 aliphatic carbocycles. The lowest BCUT2D eigenvalue weighted by atomic mass is 10.2. The molecule has 0 amide bonds. The van der Waals surface area contributed by atoms with Gasteiger partial charge in [-0.1, -0.05) is 17.7 Å². The van der Waals surface area contributed by atoms with Crippen molar-refractivity contribution in [1.29, 1.82) is 0 Å². The topological polar surface area (TPSA) is 87.1 Å². The molecule has 2 rings (SSSR count). The maximum Gasteiger partial charge on any atom is 0.331 e. The Labute approximate surface area is 117 Å². The van der Waals surface area contributed by atoms with E-state index in [1.165, 1.54) is 42.1 Å². The molecule has 0 saturated heterocycles. The van der Waals surface area contributed by atoms with Gasteiger partial charge in [0.25, 0.3) is 11.2 Å². The van der Waals surface area contributed by atoms with Crippen LogP contribution in [-0.2, 0) is 13.6 Å². The van der Waals surface area contributed by atoms with Crippen molar-refractivity contribution in [2.75, 3.05) is 0 Å². The summed E-state index contributed by atoms with van der Waals surface area (Å²) in [5, 5.41) is 10.8. The van der Waals surface area contributed by atoms with E-state index in [1.807, 2.05) is 0 Å². The third kappa shape index (κ3) is 2.62. The van der Waals surface area contributed by atoms with Crippen LogP contribution in [-0.4, -0.2) is 14.1 Å². The zero-order valence-electron chi connectivity index (χ0n) is 10.4. The quantitative estimate of drug-likeness (QED) is 0.628. The summed E-state index contributed by atoms with van der Waals surface area (Å²) >= 11 is 5.71. The first-order valence-electron chi connectivity index (χ1n) is 5.59. The molecule has 1 heterocycles. The molecular formula is C12H10ClN3O4. The summed E-state index contributed by atoms with van der Waals surface area (Å²) in [5.74, 6) is 0. The molecule has 0 atom stereocenters. The van der Waals surface area contributed by atoms with Crippen LogP contribution in [0.1, 0.15) is 5.56 Å². The first kappa shape index (κ1) is 14.0. The third-order valence-corrected chi connectivity index (χ3v) is 3.11. The summed E-state index contributed by atoms with van der Waals surface area (Å²) in [6.45, 7) is -0.0512. The van der Waals surface area contributed by atoms with Gasteiger partial charge in [0.05, 0.1) is 11.5 Å². The Morgan fingerprint density at radius 3 is 2.65 bits per heavy atom. The zero-order chi connectivity index (χ0) is 14.9. The van der Waals surface area contributed by atoms with Gasteiger partial charge < -0.3 is 4.57 Å². The van der Waals surface area contributed by atoms with Crippen molar-refractivity contribution >= 4 is 17.3 Å². The minimum absolute atomic E-state index is 0.00654. The highest BCUT2D eigenvalue weighted by Gasteiger charge is 2.13. The van der Waals surface area contributed by atoms with Gasteiger partial charge in [-0.05, 0) is 11.6 Å². The van der Waals surface area contributed by atoms with E-state index in [-0.39, 0.29) is 17.3 Å². The smallest absolute Gasteiger partial charge is 0.303 e. The summed E-state index contributed by atoms with van der Waals surface area (Å²) < 4.78 is 2.25. The molecule has 0 saturated carbocycles. The number of nitro groups is 1. The van der Waals surface area contributed by atoms with Gasteiger partial charge in [0, 0.05) is 25.4 Å². The van der Waals surface area contributed by atoms with Crippen LogP contribution in [0.5, 0.6) is 0 Å². The molecule has 0 aliphatic rings. The number of aromatic nitrogens is 2. The Balaban J connectivity index is 2.49. The van der Waals surface area contributed by atoms with E-state index >= 15 is 0 Å². The van der Waals surface area contributed by atoms with Gasteiger partial charge >= 0.3 is 5.69 Å². The molecule has 0 bridgehead atoms. The van der Waals surface area contributed by atoms with E-state index in [1.54, 1.807) is 0 Å². The van der Waals surface area contributed by atoms with Crippen molar-refractivity contribution in [1.82, 2.24) is 9.13 Å². The van der Waals surface area contributed by atoms with Crippen LogP contribution in [0.2, 0.25) is 5.02 Å². The second kappa shape index (κ2) is 5.30. The van der Waals surface area contributed by atoms with Gasteiger partial charge in [-0.2, -0.15) is 0 Å². The average Bonchev–Trinajstić information content (AvgIpc) is 2.40. The molecule has 0 radical (unpaired) electrons. The number of hydrogen-bond acceptors (Lipinski definition) is 4. The number of nitro benzene ring substituents is 1. The molecule has 20 heavy (non-hydrogen) atoms. The van der Waals surface area contributed by atoms with Crippen LogP contribution < -0.4 is 11.2 Å². The van der Waals surface area contributed by atoms with E-state index in [0.29, 0.717) is 5.56 Å². The van der Waals surface area contributed by atoms with E-state index in [9.17, 15) is 19.7 Å². The van der Waals surface area contributed by atoms with Crippen LogP contribution in [0.25, 0.3) is 0 Å². The van der Waals surface area contributed by atoms with Gasteiger partial charge in [-0.3, -0.25) is 19.5 Å². The standard InChI is InChI=1S/C12H10ClN3O4/c1-14-5-4-11(17)15(12(14)18)7-8-2-3-9(13)10(6-8)16(19)20/h2-6H,7H2,1H3. The third-order valence-electron chi connectivity index (χ3n) is 2.79. The lowest BCUT2D eigenvalue weighted by Gasteiger charge is -2.07. The van der Waals surface area contributed by atoms with Crippen LogP contribution >= 0.6 is 11.6 Å². The monoisotopic (exact) mass is 295 g/mol. The number of aryl methyl sites for hydroxylation is 1. The van der Waals surface area contributed by atoms with Crippen molar-refractivity contribution in [3.63, 3.8) is 0 Å². The van der Waals surface area contributed by atoms with Gasteiger partial charge in [0.2, 0.25) is 0 Å². The van der Waals surface area contributed by atoms with Crippen molar-refractivity contribution in [3.05, 3.63) is 72.0 Å². The molecule has 1 aromatic carbocycles. The highest BCUT2D eigenvalue weighted by molar-refractivity contribution is 6.32. The van der Waals surface area contributed by atoms with Gasteiger partial charge in [-0.15, -0.1) is 0 Å². The lowest BCUT2D eigenvalue weighted by molar-refractivity contribution is -0.384. The Bertz CT molecular complexity index is 794. The summed E-state index contributed by atoms with van der Waals surface area (Å²) in [6, 6.07) is 5.41. The highest BCUT2D eigenvalue weighted by Crippen LogP contribution is 2.25. The van der Waals surface area contributed by atoms with Gasteiger partial charge in [0.1, 0.15) is 5.02 Å². The van der Waals surface area contributed by atoms with Crippen LogP contribution in [0, 0.1) is 10.1 Å². The first-order valence-corrected chi connectivity index (χ1v) is 5.97. The van der Waals surface area contributed by atoms with E-state index < -0.39 is 16.2 Å². The van der Waals surface area contributed by atoms with E-state index in [0.717, 1.165) is 4.57 Å². The minimum Gasteiger partial charge on any atom is -0.303 e. The lowest BCUT2D eigenvalue weighted by Crippen LogP contribution is -2.38. The Kier molecular flexibility index (Phi) is 3.71. The Morgan fingerprint density at radius 2 is 2.00 bits per heavy atom. The number of nitrogens with zero attached hydrogens (tertiary/aromatic N) is 3. The molecule has 0 N–H and O–H groups in total. The second-order valence-electron chi connectivity index (χ2n) is 4.18. The maximum atomic E-state index is 11.8. The summed E-state index contributed by atoms with van der Waals surface area (Å²) in [5.41, 5.74) is -0.766.